The van der Waals surface area contributed by atoms with E-state index in [9.17, 15) is 14.4 Å². The Bertz CT molecular complexity index is 897. The van der Waals surface area contributed by atoms with Gasteiger partial charge in [0.15, 0.2) is 0 Å². The van der Waals surface area contributed by atoms with Crippen LogP contribution in [-0.2, 0) is 9.53 Å². The van der Waals surface area contributed by atoms with Gasteiger partial charge in [0.05, 0.1) is 12.2 Å². The lowest BCUT2D eigenvalue weighted by atomic mass is 9.58. The molecule has 4 fully saturated rings. The number of hydrogen-bond acceptors (Lipinski definition) is 5. The van der Waals surface area contributed by atoms with Gasteiger partial charge in [0.1, 0.15) is 5.66 Å². The van der Waals surface area contributed by atoms with Crippen molar-refractivity contribution in [3.05, 3.63) is 29.8 Å². The lowest BCUT2D eigenvalue weighted by Crippen LogP contribution is -2.68. The molecule has 8 heteroatoms. The maximum atomic E-state index is 13.4. The number of nitrogens with zero attached hydrogens (tertiary/aromatic N) is 2. The molecule has 3 aliphatic carbocycles. The number of carbonyl (C=O) groups is 3. The van der Waals surface area contributed by atoms with Crippen LogP contribution >= 0.6 is 0 Å². The first-order valence-corrected chi connectivity index (χ1v) is 11.4. The highest BCUT2D eigenvalue weighted by atomic mass is 16.6. The van der Waals surface area contributed by atoms with Crippen LogP contribution in [-0.4, -0.2) is 66.2 Å². The summed E-state index contributed by atoms with van der Waals surface area (Å²) in [6.07, 6.45) is 3.30. The maximum Gasteiger partial charge on any atom is 0.409 e. The van der Waals surface area contributed by atoms with E-state index in [1.165, 1.54) is 0 Å². The molecule has 2 heterocycles. The minimum Gasteiger partial charge on any atom is -0.450 e. The number of para-hydroxylation sites is 1. The van der Waals surface area contributed by atoms with Gasteiger partial charge in [-0.2, -0.15) is 0 Å². The average Bonchev–Trinajstić information content (AvgIpc) is 2.79. The van der Waals surface area contributed by atoms with Crippen LogP contribution < -0.4 is 10.6 Å². The number of fused-ring (bicyclic) bond motifs is 3. The SMILES string of the molecule is CCOC(=O)N1CCN(C(=O)[C@@H]2C[C@H]3CC[C@@H]2C[C@@]32NC(=O)c3ccccc3N2)CC1. The Morgan fingerprint density at radius 3 is 2.55 bits per heavy atom. The second kappa shape index (κ2) is 7.73. The third-order valence-electron chi connectivity index (χ3n) is 7.58. The van der Waals surface area contributed by atoms with Gasteiger partial charge in [0, 0.05) is 43.7 Å². The molecule has 1 aromatic carbocycles. The fourth-order valence-electron chi connectivity index (χ4n) is 6.00. The number of carbonyl (C=O) groups excluding carboxylic acids is 3. The standard InChI is InChI=1S/C23H30N4O4/c1-2-31-22(30)27-11-9-26(10-12-27)21(29)18-13-16-8-7-15(18)14-23(16)24-19-6-4-3-5-17(19)20(28)25-23/h3-6,15-16,18,24H,2,7-14H2,1H3,(H,25,28)/t15-,16-,18-,23-/m1/s1. The smallest absolute Gasteiger partial charge is 0.409 e. The fraction of sp³-hybridized carbons (Fsp3) is 0.609. The van der Waals surface area contributed by atoms with Crippen molar-refractivity contribution in [3.8, 4) is 0 Å². The van der Waals surface area contributed by atoms with Gasteiger partial charge in [0.2, 0.25) is 5.91 Å². The van der Waals surface area contributed by atoms with Crippen LogP contribution in [0.2, 0.25) is 0 Å². The van der Waals surface area contributed by atoms with Crippen LogP contribution in [0.5, 0.6) is 0 Å². The van der Waals surface area contributed by atoms with E-state index in [1.807, 2.05) is 29.2 Å². The van der Waals surface area contributed by atoms with Crippen molar-refractivity contribution in [3.63, 3.8) is 0 Å². The summed E-state index contributed by atoms with van der Waals surface area (Å²) in [6, 6.07) is 7.63. The topological polar surface area (TPSA) is 91.0 Å². The monoisotopic (exact) mass is 426 g/mol. The van der Waals surface area contributed by atoms with Gasteiger partial charge in [-0.3, -0.25) is 9.59 Å². The van der Waals surface area contributed by atoms with Crippen LogP contribution in [0.15, 0.2) is 24.3 Å². The Morgan fingerprint density at radius 1 is 1.10 bits per heavy atom. The molecule has 3 saturated carbocycles. The highest BCUT2D eigenvalue weighted by Gasteiger charge is 2.55. The number of rotatable bonds is 2. The van der Waals surface area contributed by atoms with Crippen molar-refractivity contribution in [1.82, 2.24) is 15.1 Å². The minimum atomic E-state index is -0.451. The van der Waals surface area contributed by atoms with E-state index < -0.39 is 5.66 Å². The quantitative estimate of drug-likeness (QED) is 0.757. The summed E-state index contributed by atoms with van der Waals surface area (Å²) >= 11 is 0. The Morgan fingerprint density at radius 2 is 1.84 bits per heavy atom. The van der Waals surface area contributed by atoms with E-state index in [4.69, 9.17) is 4.74 Å². The molecule has 1 saturated heterocycles. The van der Waals surface area contributed by atoms with Gasteiger partial charge in [-0.1, -0.05) is 12.1 Å². The number of amides is 3. The Kier molecular flexibility index (Phi) is 5.02. The second-order valence-corrected chi connectivity index (χ2v) is 9.19. The molecule has 2 bridgehead atoms. The van der Waals surface area contributed by atoms with Gasteiger partial charge in [-0.15, -0.1) is 0 Å². The number of benzene rings is 1. The Labute approximate surface area is 182 Å². The molecule has 0 radical (unpaired) electrons. The zero-order valence-electron chi connectivity index (χ0n) is 17.9. The molecule has 1 aromatic rings. The zero-order valence-corrected chi connectivity index (χ0v) is 17.9. The minimum absolute atomic E-state index is 0.00519. The summed E-state index contributed by atoms with van der Waals surface area (Å²) in [5.41, 5.74) is 1.12. The molecule has 6 rings (SSSR count). The van der Waals surface area contributed by atoms with Crippen LogP contribution in [0.3, 0.4) is 0 Å². The summed E-state index contributed by atoms with van der Waals surface area (Å²) in [7, 11) is 0. The number of piperazine rings is 1. The highest BCUT2D eigenvalue weighted by Crippen LogP contribution is 2.52. The normalized spacial score (nSPS) is 31.6. The van der Waals surface area contributed by atoms with Crippen LogP contribution in [0, 0.1) is 17.8 Å². The fourth-order valence-corrected chi connectivity index (χ4v) is 6.00. The van der Waals surface area contributed by atoms with Crippen molar-refractivity contribution in [2.24, 2.45) is 17.8 Å². The lowest BCUT2D eigenvalue weighted by molar-refractivity contribution is -0.144. The summed E-state index contributed by atoms with van der Waals surface area (Å²) < 4.78 is 5.07. The van der Waals surface area contributed by atoms with E-state index in [2.05, 4.69) is 10.6 Å². The highest BCUT2D eigenvalue weighted by molar-refractivity contribution is 6.02. The third-order valence-corrected chi connectivity index (χ3v) is 7.58. The predicted octanol–water partition coefficient (Wildman–Crippen LogP) is 2.28. The Balaban J connectivity index is 1.25. The van der Waals surface area contributed by atoms with Crippen molar-refractivity contribution >= 4 is 23.6 Å². The average molecular weight is 427 g/mol. The molecule has 2 N–H and O–H groups in total. The molecule has 2 aliphatic heterocycles. The molecule has 3 amide bonds. The van der Waals surface area contributed by atoms with E-state index >= 15 is 0 Å². The summed E-state index contributed by atoms with van der Waals surface area (Å²) in [5.74, 6) is 0.646. The van der Waals surface area contributed by atoms with Gasteiger partial charge < -0.3 is 25.2 Å². The number of hydrogen-bond donors (Lipinski definition) is 2. The van der Waals surface area contributed by atoms with Gasteiger partial charge in [-0.25, -0.2) is 4.79 Å². The van der Waals surface area contributed by atoms with Gasteiger partial charge >= 0.3 is 6.09 Å². The molecule has 0 aromatic heterocycles. The van der Waals surface area contributed by atoms with E-state index in [1.54, 1.807) is 11.8 Å². The molecule has 4 atom stereocenters. The molecule has 5 aliphatic rings. The third kappa shape index (κ3) is 3.42. The van der Waals surface area contributed by atoms with Crippen molar-refractivity contribution in [1.29, 1.82) is 0 Å². The van der Waals surface area contributed by atoms with Gasteiger partial charge in [-0.05, 0) is 50.7 Å². The molecule has 1 spiro atoms. The number of ether oxygens (including phenoxy) is 1. The van der Waals surface area contributed by atoms with E-state index in [0.717, 1.165) is 31.4 Å². The number of anilines is 1. The maximum absolute atomic E-state index is 13.4. The van der Waals surface area contributed by atoms with E-state index in [-0.39, 0.29) is 35.7 Å². The first-order chi connectivity index (χ1) is 15.0. The summed E-state index contributed by atoms with van der Waals surface area (Å²) in [6.45, 7) is 4.30. The first-order valence-electron chi connectivity index (χ1n) is 11.4. The van der Waals surface area contributed by atoms with Crippen molar-refractivity contribution in [2.45, 2.75) is 38.3 Å². The molecular formula is C23H30N4O4. The second-order valence-electron chi connectivity index (χ2n) is 9.19. The predicted molar refractivity (Wildman–Crippen MR) is 114 cm³/mol. The molecular weight excluding hydrogens is 396 g/mol. The Hall–Kier alpha value is -2.77. The molecule has 166 valence electrons. The van der Waals surface area contributed by atoms with Crippen LogP contribution in [0.25, 0.3) is 0 Å². The van der Waals surface area contributed by atoms with Crippen molar-refractivity contribution < 1.29 is 19.1 Å². The summed E-state index contributed by atoms with van der Waals surface area (Å²) in [4.78, 5) is 41.6. The van der Waals surface area contributed by atoms with Crippen LogP contribution in [0.4, 0.5) is 10.5 Å². The molecule has 0 unspecified atom stereocenters. The first kappa shape index (κ1) is 20.2. The summed E-state index contributed by atoms with van der Waals surface area (Å²) in [5, 5.41) is 6.88. The van der Waals surface area contributed by atoms with Crippen molar-refractivity contribution in [2.75, 3.05) is 38.1 Å². The van der Waals surface area contributed by atoms with Crippen LogP contribution in [0.1, 0.15) is 43.0 Å². The van der Waals surface area contributed by atoms with E-state index in [0.29, 0.717) is 38.3 Å². The lowest BCUT2D eigenvalue weighted by Gasteiger charge is -2.57. The molecule has 8 nitrogen and oxygen atoms in total. The van der Waals surface area contributed by atoms with Gasteiger partial charge in [0.25, 0.3) is 5.91 Å². The molecule has 31 heavy (non-hydrogen) atoms. The number of nitrogens with one attached hydrogen (secondary N) is 2. The zero-order chi connectivity index (χ0) is 21.6. The largest absolute Gasteiger partial charge is 0.450 e.